The normalized spacial score (nSPS) is 19.0. The number of para-hydroxylation sites is 12. The van der Waals surface area contributed by atoms with Crippen LogP contribution in [0.25, 0.3) is 0 Å². The number of hydrogen-bond donors (Lipinski definition) is 0. The van der Waals surface area contributed by atoms with E-state index >= 15 is 0 Å². The molecule has 9 aromatic rings. The third-order valence-corrected chi connectivity index (χ3v) is 33.2. The minimum Gasteiger partial charge on any atom is -0.490 e. The van der Waals surface area contributed by atoms with E-state index in [-0.39, 0.29) is 54.8 Å². The molecule has 0 aliphatic carbocycles. The van der Waals surface area contributed by atoms with Gasteiger partial charge >= 0.3 is 0 Å². The van der Waals surface area contributed by atoms with E-state index in [0.29, 0.717) is 27.6 Å². The lowest BCUT2D eigenvalue weighted by Crippen LogP contribution is -2.55. The van der Waals surface area contributed by atoms with Crippen LogP contribution in [0, 0.1) is 0 Å². The number of ether oxygens (including phenoxy) is 2. The molecular formula is C106H148N8O8S6. The zero-order valence-electron chi connectivity index (χ0n) is 82.4. The SMILES string of the molecule is CC(C)(C)N1CC(C)(C)S(=O)(=O)c2ccccc21.CC(C)(C)N1CC(C)(C)S(=O)c2ccccc21.CC(C)(C)N1CCOc2ccccc21.CC(C)(C)N1CCS(=O)(=O)c2ccccc21.CC(C)(C)N1CCS(=O)c2ccccc21.CC(C)(C)N1CCSc2ccccc21.CC(C)(C)N1c2ccccc2Oc2ccccc21.CC1(C)CN(C(C)(C)C)c2ccccc2S1. The summed E-state index contributed by atoms with van der Waals surface area (Å²) in [5, 5.41) is 0. The summed E-state index contributed by atoms with van der Waals surface area (Å²) >= 11 is 3.96. The number of sulfone groups is 2. The summed E-state index contributed by atoms with van der Waals surface area (Å²) in [6.07, 6.45) is 0. The smallest absolute Gasteiger partial charge is 0.187 e. The van der Waals surface area contributed by atoms with E-state index in [2.05, 4.69) is 330 Å². The second kappa shape index (κ2) is 39.4. The Morgan fingerprint density at radius 2 is 0.695 bits per heavy atom. The molecule has 0 N–H and O–H groups in total. The molecule has 128 heavy (non-hydrogen) atoms. The van der Waals surface area contributed by atoms with Gasteiger partial charge in [0.1, 0.15) is 12.4 Å². The van der Waals surface area contributed by atoms with E-state index in [9.17, 15) is 25.3 Å². The highest BCUT2D eigenvalue weighted by Gasteiger charge is 2.47. The van der Waals surface area contributed by atoms with Crippen molar-refractivity contribution in [1.29, 1.82) is 0 Å². The molecule has 0 saturated heterocycles. The monoisotopic (exact) mass is 1850 g/mol. The highest BCUT2D eigenvalue weighted by Crippen LogP contribution is 2.52. The molecular weight excluding hydrogens is 1710 g/mol. The first kappa shape index (κ1) is 102. The van der Waals surface area contributed by atoms with Crippen LogP contribution in [-0.4, -0.2) is 153 Å². The van der Waals surface area contributed by atoms with Gasteiger partial charge in [-0.05, 0) is 317 Å². The summed E-state index contributed by atoms with van der Waals surface area (Å²) in [4.78, 5) is 24.5. The number of fused-ring (bicyclic) bond motifs is 9. The van der Waals surface area contributed by atoms with E-state index < -0.39 is 46.0 Å². The van der Waals surface area contributed by atoms with E-state index in [4.69, 9.17) is 9.47 Å². The number of anilines is 9. The minimum absolute atomic E-state index is 0.00991. The molecule has 696 valence electrons. The van der Waals surface area contributed by atoms with Crippen LogP contribution in [0.5, 0.6) is 17.2 Å². The minimum atomic E-state index is -3.26. The van der Waals surface area contributed by atoms with Gasteiger partial charge in [-0.2, -0.15) is 0 Å². The molecule has 17 rings (SSSR count). The van der Waals surface area contributed by atoms with E-state index in [1.807, 2.05) is 121 Å². The van der Waals surface area contributed by atoms with Gasteiger partial charge in [0.15, 0.2) is 31.2 Å². The Morgan fingerprint density at radius 3 is 1.20 bits per heavy atom. The van der Waals surface area contributed by atoms with Gasteiger partial charge in [-0.1, -0.05) is 109 Å². The quantitative estimate of drug-likeness (QED) is 0.142. The maximum absolute atomic E-state index is 12.6. The Bertz CT molecular complexity index is 5490. The Morgan fingerprint density at radius 1 is 0.336 bits per heavy atom. The molecule has 0 bridgehead atoms. The molecule has 2 unspecified atom stereocenters. The maximum atomic E-state index is 12.6. The van der Waals surface area contributed by atoms with Crippen molar-refractivity contribution in [3.63, 3.8) is 0 Å². The van der Waals surface area contributed by atoms with Crippen molar-refractivity contribution in [1.82, 2.24) is 0 Å². The Balaban J connectivity index is 0.000000153. The van der Waals surface area contributed by atoms with Crippen molar-refractivity contribution in [3.8, 4) is 17.2 Å². The highest BCUT2D eigenvalue weighted by molar-refractivity contribution is 8.01. The first-order valence-corrected chi connectivity index (χ1v) is 52.5. The lowest BCUT2D eigenvalue weighted by molar-refractivity contribution is 0.289. The van der Waals surface area contributed by atoms with Crippen molar-refractivity contribution in [3.05, 3.63) is 218 Å². The van der Waals surface area contributed by atoms with Crippen LogP contribution in [0.4, 0.5) is 51.2 Å². The number of hydrogen-bond acceptors (Lipinski definition) is 18. The number of rotatable bonds is 0. The molecule has 0 amide bonds. The molecule has 2 atom stereocenters. The summed E-state index contributed by atoms with van der Waals surface area (Å²) < 4.78 is 84.2. The Labute approximate surface area is 784 Å². The average Bonchev–Trinajstić information content (AvgIpc) is 0.727. The van der Waals surface area contributed by atoms with Crippen LogP contribution in [-0.2, 0) is 41.3 Å². The third-order valence-electron chi connectivity index (χ3n) is 23.4. The third kappa shape index (κ3) is 24.4. The summed E-state index contributed by atoms with van der Waals surface area (Å²) in [6, 6.07) is 72.7. The summed E-state index contributed by atoms with van der Waals surface area (Å²) in [5.41, 5.74) is 10.8. The first-order chi connectivity index (χ1) is 59.2. The number of nitrogens with zero attached hydrogens (tertiary/aromatic N) is 8. The van der Waals surface area contributed by atoms with Gasteiger partial charge in [-0.25, -0.2) is 16.8 Å². The topological polar surface area (TPSA) is 147 Å². The van der Waals surface area contributed by atoms with Crippen molar-refractivity contribution >= 4 is 116 Å². The molecule has 0 fully saturated rings. The molecule has 9 aromatic carbocycles. The van der Waals surface area contributed by atoms with Crippen LogP contribution in [0.1, 0.15) is 208 Å². The second-order valence-electron chi connectivity index (χ2n) is 43.6. The van der Waals surface area contributed by atoms with Gasteiger partial charge in [-0.15, -0.1) is 23.5 Å². The van der Waals surface area contributed by atoms with Gasteiger partial charge in [-0.3, -0.25) is 8.42 Å². The average molecular weight is 1850 g/mol. The summed E-state index contributed by atoms with van der Waals surface area (Å²) in [6.45, 7) is 72.1. The molecule has 0 radical (unpaired) electrons. The number of thioether (sulfide) groups is 2. The fourth-order valence-corrected chi connectivity index (χ4v) is 24.9. The Hall–Kier alpha value is -8.12. The molecule has 0 spiro atoms. The van der Waals surface area contributed by atoms with Crippen LogP contribution >= 0.6 is 23.5 Å². The fraction of sp³-hybridized carbons (Fsp3) is 0.491. The molecule has 16 nitrogen and oxygen atoms in total. The van der Waals surface area contributed by atoms with Crippen LogP contribution in [0.15, 0.2) is 248 Å². The molecule has 0 aromatic heterocycles. The van der Waals surface area contributed by atoms with Crippen molar-refractivity contribution < 1.29 is 34.7 Å². The fourth-order valence-electron chi connectivity index (χ4n) is 17.0. The molecule has 22 heteroatoms. The van der Waals surface area contributed by atoms with Crippen LogP contribution in [0.3, 0.4) is 0 Å². The lowest BCUT2D eigenvalue weighted by Gasteiger charge is -2.47. The van der Waals surface area contributed by atoms with Gasteiger partial charge in [0, 0.05) is 110 Å². The van der Waals surface area contributed by atoms with E-state index in [1.54, 1.807) is 38.1 Å². The summed E-state index contributed by atoms with van der Waals surface area (Å²) in [7, 11) is -8.07. The van der Waals surface area contributed by atoms with Crippen LogP contribution in [0.2, 0.25) is 0 Å². The van der Waals surface area contributed by atoms with Gasteiger partial charge in [0.2, 0.25) is 0 Å². The molecule has 8 heterocycles. The molecule has 8 aliphatic heterocycles. The maximum Gasteiger partial charge on any atom is 0.187 e. The standard InChI is InChI=1S/C16H17NO.C14H21NO2S.C14H21NOS.C14H21NS.C12H17NO2S.C12H17NOS.C12H17NO.C12H17NS/c1-16(2,3)17-12-8-4-6-10-14(12)18-15-11-7-5-9-13(15)17;1-13(2,3)15-10-14(4,5)18(16,17)12-9-7-6-8-11(12)15;1-13(2,3)15-10-14(4,5)17(16)12-9-7-6-8-11(12)15;1-13(2,3)15-10-14(4,5)16-12-9-7-6-8-11(12)15;1-12(2,3)13-8-9-16(14,15)11-7-5-4-6-10(11)13;1-12(2,3)13-8-9-15(14)11-7-5-4-6-10(11)13;2*1-12(2,3)13-8-9-14-11-7-5-4-6-10(11)13/h4-11H,1-3H3;6-9H,10H2,1-5H3;6-9H,10H2,1-5H3;6-9H,10H2,1-5H3;4-7H,8-9H2,1-3H3;4-7H,8-9H2,1-3H3;2*4-7H,8-9H2,1-3H3. The lowest BCUT2D eigenvalue weighted by atomic mass is 10.0. The second-order valence-corrected chi connectivity index (χ2v) is 54.7. The van der Waals surface area contributed by atoms with Gasteiger partial charge in [0.25, 0.3) is 0 Å². The van der Waals surface area contributed by atoms with Gasteiger partial charge in [0.05, 0.1) is 114 Å². The van der Waals surface area contributed by atoms with Gasteiger partial charge < -0.3 is 48.7 Å². The van der Waals surface area contributed by atoms with Crippen molar-refractivity contribution in [2.45, 2.75) is 296 Å². The molecule has 8 aliphatic rings. The number of benzene rings is 9. The Kier molecular flexibility index (Phi) is 31.4. The predicted octanol–water partition coefficient (Wildman–Crippen LogP) is 25.5. The van der Waals surface area contributed by atoms with Crippen molar-refractivity contribution in [2.75, 3.05) is 109 Å². The van der Waals surface area contributed by atoms with E-state index in [1.165, 1.54) is 32.6 Å². The van der Waals surface area contributed by atoms with Crippen molar-refractivity contribution in [2.24, 2.45) is 0 Å². The first-order valence-electron chi connectivity index (χ1n) is 45.1. The van der Waals surface area contributed by atoms with Crippen LogP contribution < -0.4 is 48.7 Å². The predicted molar refractivity (Wildman–Crippen MR) is 551 cm³/mol. The zero-order chi connectivity index (χ0) is 94.7. The van der Waals surface area contributed by atoms with E-state index in [0.717, 1.165) is 106 Å². The summed E-state index contributed by atoms with van der Waals surface area (Å²) in [5.74, 6) is 5.01. The molecule has 0 saturated carbocycles. The highest BCUT2D eigenvalue weighted by atomic mass is 32.2. The largest absolute Gasteiger partial charge is 0.490 e. The zero-order valence-corrected chi connectivity index (χ0v) is 87.3.